The lowest BCUT2D eigenvalue weighted by Crippen LogP contribution is -2.53. The molecule has 1 atom stereocenters. The van der Waals surface area contributed by atoms with Crippen LogP contribution in [0.1, 0.15) is 20.8 Å². The molecule has 1 fully saturated rings. The van der Waals surface area contributed by atoms with E-state index in [4.69, 9.17) is 0 Å². The lowest BCUT2D eigenvalue weighted by atomic mass is 10.0. The van der Waals surface area contributed by atoms with Crippen molar-refractivity contribution in [2.24, 2.45) is 5.92 Å². The minimum absolute atomic E-state index is 0.257. The van der Waals surface area contributed by atoms with Gasteiger partial charge in [-0.3, -0.25) is 4.90 Å². The first-order valence-corrected chi connectivity index (χ1v) is 7.93. The van der Waals surface area contributed by atoms with E-state index in [1.54, 1.807) is 6.92 Å². The van der Waals surface area contributed by atoms with E-state index in [1.165, 1.54) is 0 Å². The first-order valence-electron chi connectivity index (χ1n) is 6.10. The maximum Gasteiger partial charge on any atom is 0.151 e. The second-order valence-electron chi connectivity index (χ2n) is 4.84. The molecule has 0 bridgehead atoms. The Labute approximate surface area is 99.3 Å². The van der Waals surface area contributed by atoms with Crippen molar-refractivity contribution >= 4 is 9.84 Å². The SMILES string of the molecule is CCS(=O)(=O)CCN1CCNC(C(C)C)C1. The summed E-state index contributed by atoms with van der Waals surface area (Å²) in [5, 5.41) is 3.47. The van der Waals surface area contributed by atoms with E-state index < -0.39 is 9.84 Å². The normalized spacial score (nSPS) is 23.9. The van der Waals surface area contributed by atoms with E-state index in [-0.39, 0.29) is 5.75 Å². The van der Waals surface area contributed by atoms with Gasteiger partial charge in [-0.25, -0.2) is 8.42 Å². The van der Waals surface area contributed by atoms with Gasteiger partial charge in [0.1, 0.15) is 0 Å². The zero-order valence-electron chi connectivity index (χ0n) is 10.6. The first kappa shape index (κ1) is 13.9. The van der Waals surface area contributed by atoms with Crippen LogP contribution in [0.2, 0.25) is 0 Å². The van der Waals surface area contributed by atoms with Gasteiger partial charge in [0, 0.05) is 38.0 Å². The fourth-order valence-corrected chi connectivity index (χ4v) is 2.73. The molecule has 1 saturated heterocycles. The van der Waals surface area contributed by atoms with Crippen molar-refractivity contribution in [3.63, 3.8) is 0 Å². The average molecular weight is 248 g/mol. The molecule has 1 rings (SSSR count). The Balaban J connectivity index is 2.38. The highest BCUT2D eigenvalue weighted by atomic mass is 32.2. The molecule has 96 valence electrons. The molecule has 0 aliphatic carbocycles. The van der Waals surface area contributed by atoms with Crippen LogP contribution in [-0.4, -0.2) is 57.0 Å². The Morgan fingerprint density at radius 3 is 2.69 bits per heavy atom. The molecule has 0 radical (unpaired) electrons. The van der Waals surface area contributed by atoms with Crippen molar-refractivity contribution in [3.8, 4) is 0 Å². The third kappa shape index (κ3) is 4.39. The Morgan fingerprint density at radius 2 is 2.12 bits per heavy atom. The molecule has 0 aromatic heterocycles. The van der Waals surface area contributed by atoms with Gasteiger partial charge in [0.05, 0.1) is 5.75 Å². The van der Waals surface area contributed by atoms with Crippen LogP contribution in [0.5, 0.6) is 0 Å². The summed E-state index contributed by atoms with van der Waals surface area (Å²) in [6.07, 6.45) is 0. The zero-order chi connectivity index (χ0) is 12.2. The smallest absolute Gasteiger partial charge is 0.151 e. The Morgan fingerprint density at radius 1 is 1.44 bits per heavy atom. The topological polar surface area (TPSA) is 49.4 Å². The van der Waals surface area contributed by atoms with Gasteiger partial charge in [0.2, 0.25) is 0 Å². The minimum atomic E-state index is -2.82. The zero-order valence-corrected chi connectivity index (χ0v) is 11.4. The van der Waals surface area contributed by atoms with Crippen LogP contribution < -0.4 is 5.32 Å². The largest absolute Gasteiger partial charge is 0.311 e. The van der Waals surface area contributed by atoms with Crippen LogP contribution in [0.4, 0.5) is 0 Å². The second kappa shape index (κ2) is 5.98. The van der Waals surface area contributed by atoms with E-state index in [2.05, 4.69) is 24.1 Å². The maximum absolute atomic E-state index is 11.4. The molecule has 1 aliphatic rings. The van der Waals surface area contributed by atoms with Gasteiger partial charge in [-0.1, -0.05) is 20.8 Å². The molecule has 0 aromatic rings. The first-order chi connectivity index (χ1) is 7.44. The number of hydrogen-bond donors (Lipinski definition) is 1. The highest BCUT2D eigenvalue weighted by molar-refractivity contribution is 7.91. The van der Waals surface area contributed by atoms with Crippen molar-refractivity contribution in [1.82, 2.24) is 10.2 Å². The van der Waals surface area contributed by atoms with Gasteiger partial charge < -0.3 is 5.32 Å². The average Bonchev–Trinajstić information content (AvgIpc) is 2.27. The molecule has 0 saturated carbocycles. The van der Waals surface area contributed by atoms with Gasteiger partial charge in [0.25, 0.3) is 0 Å². The fourth-order valence-electron chi connectivity index (χ4n) is 1.90. The van der Waals surface area contributed by atoms with Crippen molar-refractivity contribution < 1.29 is 8.42 Å². The van der Waals surface area contributed by atoms with E-state index in [0.29, 0.717) is 24.3 Å². The highest BCUT2D eigenvalue weighted by Crippen LogP contribution is 2.08. The van der Waals surface area contributed by atoms with E-state index in [9.17, 15) is 8.42 Å². The van der Waals surface area contributed by atoms with Crippen LogP contribution >= 0.6 is 0 Å². The van der Waals surface area contributed by atoms with Crippen LogP contribution in [0.3, 0.4) is 0 Å². The van der Waals surface area contributed by atoms with Crippen molar-refractivity contribution in [2.75, 3.05) is 37.7 Å². The summed E-state index contributed by atoms with van der Waals surface area (Å²) in [5.41, 5.74) is 0. The molecule has 1 aliphatic heterocycles. The fraction of sp³-hybridized carbons (Fsp3) is 1.00. The Bertz CT molecular complexity index is 301. The molecule has 5 heteroatoms. The third-order valence-electron chi connectivity index (χ3n) is 3.25. The molecular weight excluding hydrogens is 224 g/mol. The van der Waals surface area contributed by atoms with E-state index in [0.717, 1.165) is 19.6 Å². The van der Waals surface area contributed by atoms with Crippen LogP contribution in [-0.2, 0) is 9.84 Å². The minimum Gasteiger partial charge on any atom is -0.311 e. The molecule has 0 aromatic carbocycles. The van der Waals surface area contributed by atoms with E-state index in [1.807, 2.05) is 0 Å². The summed E-state index contributed by atoms with van der Waals surface area (Å²) < 4.78 is 22.8. The van der Waals surface area contributed by atoms with Crippen molar-refractivity contribution in [2.45, 2.75) is 26.8 Å². The summed E-state index contributed by atoms with van der Waals surface area (Å²) in [5.74, 6) is 1.16. The lowest BCUT2D eigenvalue weighted by Gasteiger charge is -2.35. The maximum atomic E-state index is 11.4. The van der Waals surface area contributed by atoms with Gasteiger partial charge in [0.15, 0.2) is 9.84 Å². The van der Waals surface area contributed by atoms with Crippen LogP contribution in [0.15, 0.2) is 0 Å². The predicted octanol–water partition coefficient (Wildman–Crippen LogP) is 0.351. The summed E-state index contributed by atoms with van der Waals surface area (Å²) in [4.78, 5) is 2.26. The predicted molar refractivity (Wildman–Crippen MR) is 67.4 cm³/mol. The summed E-state index contributed by atoms with van der Waals surface area (Å²) in [7, 11) is -2.82. The summed E-state index contributed by atoms with van der Waals surface area (Å²) in [6, 6.07) is 0.498. The number of hydrogen-bond acceptors (Lipinski definition) is 4. The quantitative estimate of drug-likeness (QED) is 0.763. The number of piperazine rings is 1. The molecule has 1 heterocycles. The van der Waals surface area contributed by atoms with Crippen LogP contribution in [0, 0.1) is 5.92 Å². The molecular formula is C11H24N2O2S. The van der Waals surface area contributed by atoms with Gasteiger partial charge >= 0.3 is 0 Å². The Kier molecular flexibility index (Phi) is 5.21. The molecule has 4 nitrogen and oxygen atoms in total. The van der Waals surface area contributed by atoms with Gasteiger partial charge in [-0.15, -0.1) is 0 Å². The molecule has 1 unspecified atom stereocenters. The Hall–Kier alpha value is -0.130. The molecule has 1 N–H and O–H groups in total. The second-order valence-corrected chi connectivity index (χ2v) is 7.31. The van der Waals surface area contributed by atoms with Crippen LogP contribution in [0.25, 0.3) is 0 Å². The van der Waals surface area contributed by atoms with E-state index >= 15 is 0 Å². The van der Waals surface area contributed by atoms with Crippen molar-refractivity contribution in [3.05, 3.63) is 0 Å². The lowest BCUT2D eigenvalue weighted by molar-refractivity contribution is 0.183. The van der Waals surface area contributed by atoms with Gasteiger partial charge in [-0.05, 0) is 5.92 Å². The number of rotatable bonds is 5. The summed E-state index contributed by atoms with van der Waals surface area (Å²) >= 11 is 0. The molecule has 0 amide bonds. The third-order valence-corrected chi connectivity index (χ3v) is 4.94. The molecule has 16 heavy (non-hydrogen) atoms. The molecule has 0 spiro atoms. The monoisotopic (exact) mass is 248 g/mol. The summed E-state index contributed by atoms with van der Waals surface area (Å²) in [6.45, 7) is 9.69. The number of nitrogens with one attached hydrogen (secondary N) is 1. The number of nitrogens with zero attached hydrogens (tertiary/aromatic N) is 1. The highest BCUT2D eigenvalue weighted by Gasteiger charge is 2.22. The number of sulfone groups is 1. The van der Waals surface area contributed by atoms with Crippen molar-refractivity contribution in [1.29, 1.82) is 0 Å². The van der Waals surface area contributed by atoms with Gasteiger partial charge in [-0.2, -0.15) is 0 Å². The standard InChI is InChI=1S/C11H24N2O2S/c1-4-16(14,15)8-7-13-6-5-12-11(9-13)10(2)3/h10-12H,4-9H2,1-3H3.